The van der Waals surface area contributed by atoms with Gasteiger partial charge in [0, 0.05) is 18.5 Å². The van der Waals surface area contributed by atoms with Crippen molar-refractivity contribution in [3.8, 4) is 0 Å². The first kappa shape index (κ1) is 18.3. The summed E-state index contributed by atoms with van der Waals surface area (Å²) in [4.78, 5) is 5.11. The second-order valence-electron chi connectivity index (χ2n) is 5.11. The lowest BCUT2D eigenvalue weighted by molar-refractivity contribution is -0.138. The Kier molecular flexibility index (Phi) is 5.82. The molecule has 0 saturated heterocycles. The van der Waals surface area contributed by atoms with Gasteiger partial charge in [-0.3, -0.25) is 4.99 Å². The quantitative estimate of drug-likeness (QED) is 0.490. The molecular weight excluding hydrogens is 342 g/mol. The van der Waals surface area contributed by atoms with Gasteiger partial charge in [-0.05, 0) is 41.6 Å². The molecule has 0 bridgehead atoms. The van der Waals surface area contributed by atoms with Crippen LogP contribution >= 0.6 is 11.3 Å². The van der Waals surface area contributed by atoms with Crippen LogP contribution in [0.1, 0.15) is 21.6 Å². The van der Waals surface area contributed by atoms with Gasteiger partial charge in [0.15, 0.2) is 5.96 Å². The van der Waals surface area contributed by atoms with E-state index in [1.54, 1.807) is 11.3 Å². The summed E-state index contributed by atoms with van der Waals surface area (Å²) in [6, 6.07) is 4.63. The minimum absolute atomic E-state index is 0.0424. The lowest BCUT2D eigenvalue weighted by Gasteiger charge is -2.16. The molecule has 0 fully saturated rings. The first-order chi connectivity index (χ1) is 11.3. The number of nitrogens with one attached hydrogen (secondary N) is 2. The summed E-state index contributed by atoms with van der Waals surface area (Å²) in [5.41, 5.74) is 0.111. The van der Waals surface area contributed by atoms with Crippen molar-refractivity contribution in [3.63, 3.8) is 0 Å². The van der Waals surface area contributed by atoms with Gasteiger partial charge in [-0.2, -0.15) is 13.2 Å². The number of hydrogen-bond donors (Lipinski definition) is 2. The highest BCUT2D eigenvalue weighted by atomic mass is 32.1. The SMILES string of the molecule is CN=C(NCc1ccc(F)cc1C(F)(F)F)NCc1sccc1C. The summed E-state index contributed by atoms with van der Waals surface area (Å²) in [5, 5.41) is 7.84. The molecule has 0 atom stereocenters. The van der Waals surface area contributed by atoms with Crippen LogP contribution in [0.3, 0.4) is 0 Å². The molecule has 0 aliphatic heterocycles. The van der Waals surface area contributed by atoms with Gasteiger partial charge in [-0.25, -0.2) is 4.39 Å². The number of aryl methyl sites for hydroxylation is 1. The molecule has 1 aromatic carbocycles. The Morgan fingerprint density at radius 1 is 1.17 bits per heavy atom. The van der Waals surface area contributed by atoms with Crippen molar-refractivity contribution in [3.05, 3.63) is 57.0 Å². The first-order valence-corrected chi connectivity index (χ1v) is 8.02. The van der Waals surface area contributed by atoms with Crippen LogP contribution in [-0.4, -0.2) is 13.0 Å². The Balaban J connectivity index is 2.02. The van der Waals surface area contributed by atoms with Crippen molar-refractivity contribution in [1.29, 1.82) is 0 Å². The number of halogens is 4. The van der Waals surface area contributed by atoms with Crippen LogP contribution in [0.25, 0.3) is 0 Å². The van der Waals surface area contributed by atoms with Crippen molar-refractivity contribution < 1.29 is 17.6 Å². The van der Waals surface area contributed by atoms with Crippen molar-refractivity contribution >= 4 is 17.3 Å². The van der Waals surface area contributed by atoms with Gasteiger partial charge >= 0.3 is 6.18 Å². The molecule has 2 aromatic rings. The monoisotopic (exact) mass is 359 g/mol. The van der Waals surface area contributed by atoms with E-state index in [0.29, 0.717) is 18.6 Å². The third-order valence-electron chi connectivity index (χ3n) is 3.43. The maximum Gasteiger partial charge on any atom is 0.416 e. The standard InChI is InChI=1S/C16H17F4N3S/c1-10-5-6-24-14(10)9-23-15(21-2)22-8-11-3-4-12(17)7-13(11)16(18,19)20/h3-7H,8-9H2,1-2H3,(H2,21,22,23). The maximum atomic E-state index is 13.1. The molecule has 24 heavy (non-hydrogen) atoms. The minimum Gasteiger partial charge on any atom is -0.352 e. The summed E-state index contributed by atoms with van der Waals surface area (Å²) >= 11 is 1.59. The van der Waals surface area contributed by atoms with E-state index in [2.05, 4.69) is 15.6 Å². The van der Waals surface area contributed by atoms with E-state index in [1.807, 2.05) is 18.4 Å². The molecule has 1 aromatic heterocycles. The molecule has 0 aliphatic carbocycles. The van der Waals surface area contributed by atoms with Gasteiger partial charge in [-0.1, -0.05) is 6.07 Å². The molecule has 0 aliphatic rings. The summed E-state index contributed by atoms with van der Waals surface area (Å²) in [6.45, 7) is 2.40. The summed E-state index contributed by atoms with van der Waals surface area (Å²) in [7, 11) is 1.53. The average molecular weight is 359 g/mol. The highest BCUT2D eigenvalue weighted by molar-refractivity contribution is 7.10. The van der Waals surface area contributed by atoms with Crippen LogP contribution in [0.2, 0.25) is 0 Å². The van der Waals surface area contributed by atoms with E-state index in [9.17, 15) is 17.6 Å². The predicted molar refractivity (Wildman–Crippen MR) is 87.5 cm³/mol. The zero-order valence-corrected chi connectivity index (χ0v) is 14.0. The zero-order valence-electron chi connectivity index (χ0n) is 13.2. The molecule has 8 heteroatoms. The Morgan fingerprint density at radius 3 is 2.46 bits per heavy atom. The number of benzene rings is 1. The Morgan fingerprint density at radius 2 is 1.88 bits per heavy atom. The molecule has 0 spiro atoms. The van der Waals surface area contributed by atoms with Crippen molar-refractivity contribution in [1.82, 2.24) is 10.6 Å². The normalized spacial score (nSPS) is 12.3. The van der Waals surface area contributed by atoms with Gasteiger partial charge in [0.25, 0.3) is 0 Å². The van der Waals surface area contributed by atoms with E-state index in [1.165, 1.54) is 7.05 Å². The molecule has 0 radical (unpaired) electrons. The molecule has 2 rings (SSSR count). The van der Waals surface area contributed by atoms with Gasteiger partial charge in [0.1, 0.15) is 5.82 Å². The predicted octanol–water partition coefficient (Wildman–Crippen LogP) is 4.08. The van der Waals surface area contributed by atoms with E-state index in [0.717, 1.165) is 22.6 Å². The van der Waals surface area contributed by atoms with Crippen LogP contribution < -0.4 is 10.6 Å². The Bertz CT molecular complexity index is 722. The third-order valence-corrected chi connectivity index (χ3v) is 4.45. The van der Waals surface area contributed by atoms with Crippen molar-refractivity contribution in [2.24, 2.45) is 4.99 Å². The van der Waals surface area contributed by atoms with Gasteiger partial charge in [0.05, 0.1) is 12.1 Å². The van der Waals surface area contributed by atoms with Crippen LogP contribution in [0.15, 0.2) is 34.6 Å². The molecule has 3 nitrogen and oxygen atoms in total. The Hall–Kier alpha value is -2.09. The smallest absolute Gasteiger partial charge is 0.352 e. The largest absolute Gasteiger partial charge is 0.416 e. The number of rotatable bonds is 4. The lowest BCUT2D eigenvalue weighted by atomic mass is 10.1. The summed E-state index contributed by atoms with van der Waals surface area (Å²) < 4.78 is 52.0. The first-order valence-electron chi connectivity index (χ1n) is 7.14. The molecule has 0 unspecified atom stereocenters. The number of alkyl halides is 3. The van der Waals surface area contributed by atoms with E-state index >= 15 is 0 Å². The van der Waals surface area contributed by atoms with Crippen LogP contribution in [0.4, 0.5) is 17.6 Å². The van der Waals surface area contributed by atoms with E-state index in [-0.39, 0.29) is 12.1 Å². The summed E-state index contributed by atoms with van der Waals surface area (Å²) in [6.07, 6.45) is -4.61. The second kappa shape index (κ2) is 7.65. The molecular formula is C16H17F4N3S. The van der Waals surface area contributed by atoms with E-state index in [4.69, 9.17) is 0 Å². The second-order valence-corrected chi connectivity index (χ2v) is 6.11. The number of thiophene rings is 1. The van der Waals surface area contributed by atoms with Crippen molar-refractivity contribution in [2.75, 3.05) is 7.05 Å². The molecule has 2 N–H and O–H groups in total. The lowest BCUT2D eigenvalue weighted by Crippen LogP contribution is -2.36. The highest BCUT2D eigenvalue weighted by Crippen LogP contribution is 2.32. The maximum absolute atomic E-state index is 13.1. The number of hydrogen-bond acceptors (Lipinski definition) is 2. The zero-order chi connectivity index (χ0) is 17.7. The number of aliphatic imine (C=N–C) groups is 1. The number of nitrogens with zero attached hydrogens (tertiary/aromatic N) is 1. The van der Waals surface area contributed by atoms with Gasteiger partial charge in [0.2, 0.25) is 0 Å². The van der Waals surface area contributed by atoms with Crippen LogP contribution in [-0.2, 0) is 19.3 Å². The average Bonchev–Trinajstić information content (AvgIpc) is 2.93. The number of guanidine groups is 1. The van der Waals surface area contributed by atoms with Crippen LogP contribution in [0.5, 0.6) is 0 Å². The fourth-order valence-corrected chi connectivity index (χ4v) is 2.96. The fraction of sp³-hybridized carbons (Fsp3) is 0.312. The topological polar surface area (TPSA) is 36.4 Å². The van der Waals surface area contributed by atoms with Crippen LogP contribution in [0, 0.1) is 12.7 Å². The molecule has 130 valence electrons. The van der Waals surface area contributed by atoms with Gasteiger partial charge in [-0.15, -0.1) is 11.3 Å². The molecule has 0 saturated carbocycles. The van der Waals surface area contributed by atoms with E-state index < -0.39 is 17.6 Å². The highest BCUT2D eigenvalue weighted by Gasteiger charge is 2.33. The Labute approximate surface area is 141 Å². The molecule has 1 heterocycles. The molecule has 0 amide bonds. The fourth-order valence-electron chi connectivity index (χ4n) is 2.12. The van der Waals surface area contributed by atoms with Gasteiger partial charge < -0.3 is 10.6 Å². The van der Waals surface area contributed by atoms with Crippen molar-refractivity contribution in [2.45, 2.75) is 26.2 Å². The summed E-state index contributed by atoms with van der Waals surface area (Å²) in [5.74, 6) is -0.540. The minimum atomic E-state index is -4.61. The third kappa shape index (κ3) is 4.70.